The van der Waals surface area contributed by atoms with Gasteiger partial charge in [-0.2, -0.15) is 0 Å². The van der Waals surface area contributed by atoms with Gasteiger partial charge in [0.25, 0.3) is 0 Å². The van der Waals surface area contributed by atoms with Crippen molar-refractivity contribution in [3.8, 4) is 0 Å². The van der Waals surface area contributed by atoms with Gasteiger partial charge >= 0.3 is 0 Å². The summed E-state index contributed by atoms with van der Waals surface area (Å²) in [5, 5.41) is 32.6. The second kappa shape index (κ2) is 8.03. The van der Waals surface area contributed by atoms with E-state index in [0.29, 0.717) is 30.1 Å². The average molecular weight is 421 g/mol. The van der Waals surface area contributed by atoms with Crippen LogP contribution in [0.15, 0.2) is 0 Å². The molecule has 0 aromatic carbocycles. The summed E-state index contributed by atoms with van der Waals surface area (Å²) in [4.78, 5) is 0. The molecule has 4 fully saturated rings. The van der Waals surface area contributed by atoms with Crippen LogP contribution in [0, 0.1) is 46.3 Å². The fourth-order valence-corrected chi connectivity index (χ4v) is 9.31. The molecule has 0 heterocycles. The Morgan fingerprint density at radius 2 is 1.57 bits per heavy atom. The van der Waals surface area contributed by atoms with Gasteiger partial charge in [0, 0.05) is 5.41 Å². The van der Waals surface area contributed by atoms with Gasteiger partial charge in [0.2, 0.25) is 0 Å². The lowest BCUT2D eigenvalue weighted by Crippen LogP contribution is -2.69. The average Bonchev–Trinajstić information content (AvgIpc) is 3.04. The monoisotopic (exact) mass is 420 g/mol. The van der Waals surface area contributed by atoms with Crippen LogP contribution in [-0.2, 0) is 0 Å². The first-order valence-corrected chi connectivity index (χ1v) is 13.1. The predicted molar refractivity (Wildman–Crippen MR) is 122 cm³/mol. The van der Waals surface area contributed by atoms with Crippen molar-refractivity contribution in [3.63, 3.8) is 0 Å². The molecule has 0 aliphatic heterocycles. The first-order chi connectivity index (χ1) is 14.0. The molecule has 0 amide bonds. The maximum absolute atomic E-state index is 11.6. The molecular weight excluding hydrogens is 372 g/mol. The van der Waals surface area contributed by atoms with E-state index in [2.05, 4.69) is 34.6 Å². The molecule has 4 aliphatic rings. The van der Waals surface area contributed by atoms with Crippen LogP contribution in [-0.4, -0.2) is 33.1 Å². The van der Waals surface area contributed by atoms with Gasteiger partial charge in [0.1, 0.15) is 6.10 Å². The van der Waals surface area contributed by atoms with Crippen molar-refractivity contribution in [1.82, 2.24) is 0 Å². The Bertz CT molecular complexity index is 619. The molecule has 10 atom stereocenters. The van der Waals surface area contributed by atoms with E-state index in [9.17, 15) is 15.3 Å². The molecule has 174 valence electrons. The van der Waals surface area contributed by atoms with Crippen LogP contribution in [0.4, 0.5) is 0 Å². The summed E-state index contributed by atoms with van der Waals surface area (Å²) in [5.74, 6) is 4.43. The molecule has 0 aromatic rings. The highest BCUT2D eigenvalue weighted by Crippen LogP contribution is 2.69. The molecule has 0 spiro atoms. The first kappa shape index (κ1) is 23.1. The number of hydrogen-bond donors (Lipinski definition) is 3. The Balaban J connectivity index is 1.51. The van der Waals surface area contributed by atoms with E-state index in [-0.39, 0.29) is 5.41 Å². The van der Waals surface area contributed by atoms with Gasteiger partial charge in [0.05, 0.1) is 11.7 Å². The van der Waals surface area contributed by atoms with E-state index < -0.39 is 17.8 Å². The summed E-state index contributed by atoms with van der Waals surface area (Å²) in [6, 6.07) is 0. The second-order valence-electron chi connectivity index (χ2n) is 12.8. The summed E-state index contributed by atoms with van der Waals surface area (Å²) >= 11 is 0. The van der Waals surface area contributed by atoms with E-state index in [0.717, 1.165) is 36.5 Å². The Kier molecular flexibility index (Phi) is 6.17. The van der Waals surface area contributed by atoms with Crippen molar-refractivity contribution in [1.29, 1.82) is 0 Å². The van der Waals surface area contributed by atoms with Gasteiger partial charge in [-0.15, -0.1) is 0 Å². The third kappa shape index (κ3) is 3.32. The van der Waals surface area contributed by atoms with Crippen LogP contribution < -0.4 is 0 Å². The van der Waals surface area contributed by atoms with E-state index >= 15 is 0 Å². The van der Waals surface area contributed by atoms with Crippen LogP contribution in [0.2, 0.25) is 0 Å². The van der Waals surface area contributed by atoms with E-state index in [1.807, 2.05) is 0 Å². The zero-order valence-electron chi connectivity index (χ0n) is 20.2. The SMILES string of the molecule is CC(C)CCC[C@@H](C)[C@H]1CC[C@H]2[C@@H]3CC[C@@]4(O)[C@@H](O)[C@@H](O)CC[C@]4(C)[C@H]3CC[C@]12C. The zero-order chi connectivity index (χ0) is 21.9. The number of hydrogen-bond acceptors (Lipinski definition) is 3. The van der Waals surface area contributed by atoms with Crippen molar-refractivity contribution >= 4 is 0 Å². The van der Waals surface area contributed by atoms with Gasteiger partial charge in [0.15, 0.2) is 0 Å². The summed E-state index contributed by atoms with van der Waals surface area (Å²) < 4.78 is 0. The van der Waals surface area contributed by atoms with Crippen molar-refractivity contribution in [3.05, 3.63) is 0 Å². The normalized spacial score (nSPS) is 51.9. The van der Waals surface area contributed by atoms with Crippen LogP contribution in [0.5, 0.6) is 0 Å². The highest BCUT2D eigenvalue weighted by molar-refractivity contribution is 5.16. The minimum Gasteiger partial charge on any atom is -0.390 e. The molecule has 4 aliphatic carbocycles. The second-order valence-corrected chi connectivity index (χ2v) is 12.8. The van der Waals surface area contributed by atoms with Gasteiger partial charge in [-0.3, -0.25) is 0 Å². The van der Waals surface area contributed by atoms with Crippen LogP contribution in [0.25, 0.3) is 0 Å². The lowest BCUT2D eigenvalue weighted by Gasteiger charge is -2.65. The largest absolute Gasteiger partial charge is 0.390 e. The molecule has 0 bridgehead atoms. The Morgan fingerprint density at radius 3 is 2.27 bits per heavy atom. The number of aliphatic hydroxyl groups is 3. The summed E-state index contributed by atoms with van der Waals surface area (Å²) in [5.41, 5.74) is -0.907. The van der Waals surface area contributed by atoms with Gasteiger partial charge in [-0.25, -0.2) is 0 Å². The Morgan fingerprint density at radius 1 is 0.833 bits per heavy atom. The standard InChI is InChI=1S/C27H48O3/c1-17(2)7-6-8-18(3)20-9-10-21-19-11-16-27(30)24(29)23(28)13-15-26(27,5)22(19)12-14-25(20,21)4/h17-24,28-30H,6-16H2,1-5H3/t18-,19+,20-,21+,22+,23+,24+,25-,26-,27-/m1/s1. The van der Waals surface area contributed by atoms with Crippen molar-refractivity contribution in [2.24, 2.45) is 46.3 Å². The fraction of sp³-hybridized carbons (Fsp3) is 1.00. The molecule has 0 saturated heterocycles. The van der Waals surface area contributed by atoms with Crippen molar-refractivity contribution in [2.75, 3.05) is 0 Å². The number of rotatable bonds is 5. The first-order valence-electron chi connectivity index (χ1n) is 13.1. The van der Waals surface area contributed by atoms with Crippen LogP contribution >= 0.6 is 0 Å². The Labute approximate surface area is 185 Å². The van der Waals surface area contributed by atoms with Gasteiger partial charge in [-0.1, -0.05) is 53.9 Å². The van der Waals surface area contributed by atoms with Crippen molar-refractivity contribution in [2.45, 2.75) is 123 Å². The number of aliphatic hydroxyl groups excluding tert-OH is 2. The highest BCUT2D eigenvalue weighted by atomic mass is 16.4. The summed E-state index contributed by atoms with van der Waals surface area (Å²) in [6.07, 6.45) is 10.7. The summed E-state index contributed by atoms with van der Waals surface area (Å²) in [7, 11) is 0. The predicted octanol–water partition coefficient (Wildman–Crippen LogP) is 5.55. The topological polar surface area (TPSA) is 60.7 Å². The minimum atomic E-state index is -1.11. The summed E-state index contributed by atoms with van der Waals surface area (Å²) in [6.45, 7) is 12.0. The van der Waals surface area contributed by atoms with Crippen molar-refractivity contribution < 1.29 is 15.3 Å². The van der Waals surface area contributed by atoms with E-state index in [1.165, 1.54) is 44.9 Å². The molecule has 0 aromatic heterocycles. The third-order valence-corrected chi connectivity index (χ3v) is 11.1. The zero-order valence-corrected chi connectivity index (χ0v) is 20.2. The molecule has 3 N–H and O–H groups in total. The lowest BCUT2D eigenvalue weighted by molar-refractivity contribution is -0.267. The van der Waals surface area contributed by atoms with E-state index in [4.69, 9.17) is 0 Å². The van der Waals surface area contributed by atoms with E-state index in [1.54, 1.807) is 0 Å². The molecular formula is C27H48O3. The molecule has 0 unspecified atom stereocenters. The van der Waals surface area contributed by atoms with Crippen LogP contribution in [0.1, 0.15) is 105 Å². The maximum atomic E-state index is 11.6. The molecule has 4 rings (SSSR count). The minimum absolute atomic E-state index is 0.253. The quantitative estimate of drug-likeness (QED) is 0.546. The molecule has 4 saturated carbocycles. The smallest absolute Gasteiger partial charge is 0.109 e. The van der Waals surface area contributed by atoms with Gasteiger partial charge in [-0.05, 0) is 92.3 Å². The number of fused-ring (bicyclic) bond motifs is 5. The fourth-order valence-electron chi connectivity index (χ4n) is 9.31. The van der Waals surface area contributed by atoms with Crippen LogP contribution in [0.3, 0.4) is 0 Å². The molecule has 3 heteroatoms. The molecule has 3 nitrogen and oxygen atoms in total. The third-order valence-electron chi connectivity index (χ3n) is 11.1. The molecule has 0 radical (unpaired) electrons. The maximum Gasteiger partial charge on any atom is 0.109 e. The van der Waals surface area contributed by atoms with Gasteiger partial charge < -0.3 is 15.3 Å². The highest BCUT2D eigenvalue weighted by Gasteiger charge is 2.67. The molecule has 30 heavy (non-hydrogen) atoms. The Hall–Kier alpha value is -0.120. The lowest BCUT2D eigenvalue weighted by atomic mass is 9.42.